The Balaban J connectivity index is 2.47. The van der Waals surface area contributed by atoms with E-state index in [1.54, 1.807) is 0 Å². The summed E-state index contributed by atoms with van der Waals surface area (Å²) in [6.45, 7) is 4.36. The van der Waals surface area contributed by atoms with Crippen LogP contribution in [0.5, 0.6) is 0 Å². The van der Waals surface area contributed by atoms with E-state index in [9.17, 15) is 9.59 Å². The maximum absolute atomic E-state index is 11.1. The van der Waals surface area contributed by atoms with Gasteiger partial charge in [0.15, 0.2) is 0 Å². The van der Waals surface area contributed by atoms with Crippen molar-refractivity contribution in [1.82, 2.24) is 0 Å². The van der Waals surface area contributed by atoms with Gasteiger partial charge in [0, 0.05) is 0 Å². The summed E-state index contributed by atoms with van der Waals surface area (Å²) in [6, 6.07) is 0. The molecule has 0 unspecified atom stereocenters. The van der Waals surface area contributed by atoms with Crippen molar-refractivity contribution in [2.24, 2.45) is 23.7 Å². The highest BCUT2D eigenvalue weighted by Crippen LogP contribution is 2.37. The molecule has 1 rings (SSSR count). The molecule has 0 aromatic heterocycles. The fraction of sp³-hybridized carbons (Fsp3) is 0.857. The van der Waals surface area contributed by atoms with Crippen LogP contribution in [0.25, 0.3) is 0 Å². The fourth-order valence-corrected chi connectivity index (χ4v) is 2.90. The molecule has 0 aliphatic heterocycles. The lowest BCUT2D eigenvalue weighted by Crippen LogP contribution is -2.35. The van der Waals surface area contributed by atoms with Crippen LogP contribution in [0.2, 0.25) is 0 Å². The molecule has 0 bridgehead atoms. The van der Waals surface area contributed by atoms with Gasteiger partial charge in [-0.3, -0.25) is 9.59 Å². The molecule has 0 radical (unpaired) electrons. The van der Waals surface area contributed by atoms with Crippen LogP contribution in [-0.2, 0) is 9.59 Å². The minimum atomic E-state index is -0.956. The van der Waals surface area contributed by atoms with Crippen molar-refractivity contribution in [3.63, 3.8) is 0 Å². The largest absolute Gasteiger partial charge is 0.481 e. The summed E-state index contributed by atoms with van der Waals surface area (Å²) in [4.78, 5) is 22.1. The van der Waals surface area contributed by atoms with Crippen LogP contribution in [0.15, 0.2) is 0 Å². The molecule has 2 N–H and O–H groups in total. The first-order valence-electron chi connectivity index (χ1n) is 6.87. The first-order chi connectivity index (χ1) is 8.41. The smallest absolute Gasteiger partial charge is 0.307 e. The third kappa shape index (κ3) is 4.31. The minimum absolute atomic E-state index is 0.389. The van der Waals surface area contributed by atoms with Crippen LogP contribution in [0, 0.1) is 23.7 Å². The Bertz CT molecular complexity index is 298. The van der Waals surface area contributed by atoms with Crippen LogP contribution in [-0.4, -0.2) is 22.2 Å². The summed E-state index contributed by atoms with van der Waals surface area (Å²) in [5.74, 6) is -2.22. The van der Waals surface area contributed by atoms with E-state index in [1.165, 1.54) is 0 Å². The summed E-state index contributed by atoms with van der Waals surface area (Å²) in [5.41, 5.74) is 0. The number of rotatable bonds is 6. The maximum atomic E-state index is 11.1. The quantitative estimate of drug-likeness (QED) is 0.766. The van der Waals surface area contributed by atoms with Crippen molar-refractivity contribution in [2.45, 2.75) is 52.4 Å². The predicted octanol–water partition coefficient (Wildman–Crippen LogP) is 3.01. The average Bonchev–Trinajstić information content (AvgIpc) is 2.28. The van der Waals surface area contributed by atoms with E-state index in [0.29, 0.717) is 24.7 Å². The Kier molecular flexibility index (Phi) is 5.63. The molecule has 1 aliphatic carbocycles. The standard InChI is InChI=1S/C14H24O4/c1-9(2)4-3-5-10-6-7-11(13(15)16)12(8-10)14(17)18/h9-12H,3-8H2,1-2H3,(H,15,16)(H,17,18)/t10-,11+,12-/m1/s1. The Hall–Kier alpha value is -1.06. The minimum Gasteiger partial charge on any atom is -0.481 e. The molecule has 18 heavy (non-hydrogen) atoms. The molecule has 1 saturated carbocycles. The Labute approximate surface area is 108 Å². The van der Waals surface area contributed by atoms with E-state index in [2.05, 4.69) is 13.8 Å². The third-order valence-corrected chi connectivity index (χ3v) is 3.99. The molecule has 3 atom stereocenters. The monoisotopic (exact) mass is 256 g/mol. The first kappa shape index (κ1) is 15.0. The molecule has 1 aliphatic rings. The highest BCUT2D eigenvalue weighted by Gasteiger charge is 2.39. The van der Waals surface area contributed by atoms with Gasteiger partial charge in [-0.2, -0.15) is 0 Å². The molecule has 104 valence electrons. The van der Waals surface area contributed by atoms with Gasteiger partial charge < -0.3 is 10.2 Å². The number of carbonyl (C=O) groups is 2. The number of carboxylic acids is 2. The molecule has 0 amide bonds. The summed E-state index contributed by atoms with van der Waals surface area (Å²) < 4.78 is 0. The Morgan fingerprint density at radius 3 is 2.22 bits per heavy atom. The third-order valence-electron chi connectivity index (χ3n) is 3.99. The van der Waals surface area contributed by atoms with E-state index in [0.717, 1.165) is 25.7 Å². The van der Waals surface area contributed by atoms with Crippen molar-refractivity contribution in [3.8, 4) is 0 Å². The second kappa shape index (κ2) is 6.76. The zero-order chi connectivity index (χ0) is 13.7. The lowest BCUT2D eigenvalue weighted by Gasteiger charge is -2.31. The maximum Gasteiger partial charge on any atom is 0.307 e. The topological polar surface area (TPSA) is 74.6 Å². The summed E-state index contributed by atoms with van der Waals surface area (Å²) in [6.07, 6.45) is 5.22. The van der Waals surface area contributed by atoms with Crippen molar-refractivity contribution in [2.75, 3.05) is 0 Å². The number of carboxylic acid groups (broad SMARTS) is 2. The number of hydrogen-bond acceptors (Lipinski definition) is 2. The SMILES string of the molecule is CC(C)CCC[C@@H]1CC[C@H](C(=O)O)[C@H](C(=O)O)C1. The number of hydrogen-bond donors (Lipinski definition) is 2. The van der Waals surface area contributed by atoms with Gasteiger partial charge >= 0.3 is 11.9 Å². The van der Waals surface area contributed by atoms with Crippen molar-refractivity contribution in [1.29, 1.82) is 0 Å². The van der Waals surface area contributed by atoms with Crippen LogP contribution >= 0.6 is 0 Å². The second-order valence-electron chi connectivity index (χ2n) is 5.89. The van der Waals surface area contributed by atoms with E-state index >= 15 is 0 Å². The van der Waals surface area contributed by atoms with E-state index in [1.807, 2.05) is 0 Å². The predicted molar refractivity (Wildman–Crippen MR) is 68.3 cm³/mol. The summed E-state index contributed by atoms with van der Waals surface area (Å²) >= 11 is 0. The Morgan fingerprint density at radius 1 is 1.11 bits per heavy atom. The van der Waals surface area contributed by atoms with Gasteiger partial charge in [-0.25, -0.2) is 0 Å². The van der Waals surface area contributed by atoms with E-state index < -0.39 is 23.8 Å². The molecule has 0 saturated heterocycles. The van der Waals surface area contributed by atoms with Gasteiger partial charge in [0.2, 0.25) is 0 Å². The zero-order valence-electron chi connectivity index (χ0n) is 11.3. The molecule has 0 aromatic carbocycles. The van der Waals surface area contributed by atoms with Gasteiger partial charge in [-0.1, -0.05) is 33.1 Å². The second-order valence-corrected chi connectivity index (χ2v) is 5.89. The van der Waals surface area contributed by atoms with Gasteiger partial charge in [-0.05, 0) is 31.1 Å². The average molecular weight is 256 g/mol. The molecule has 0 heterocycles. The van der Waals surface area contributed by atoms with Crippen LogP contribution in [0.1, 0.15) is 52.4 Å². The highest BCUT2D eigenvalue weighted by molar-refractivity contribution is 5.80. The molecule has 0 aromatic rings. The molecule has 4 heteroatoms. The molecule has 0 spiro atoms. The van der Waals surface area contributed by atoms with Crippen molar-refractivity contribution >= 4 is 11.9 Å². The first-order valence-corrected chi connectivity index (χ1v) is 6.87. The molecular weight excluding hydrogens is 232 g/mol. The van der Waals surface area contributed by atoms with Gasteiger partial charge in [0.1, 0.15) is 0 Å². The van der Waals surface area contributed by atoms with Crippen LogP contribution in [0.3, 0.4) is 0 Å². The molecular formula is C14H24O4. The lowest BCUT2D eigenvalue weighted by molar-refractivity contribution is -0.156. The van der Waals surface area contributed by atoms with Crippen LogP contribution in [0.4, 0.5) is 0 Å². The number of aliphatic carboxylic acids is 2. The van der Waals surface area contributed by atoms with Gasteiger partial charge in [-0.15, -0.1) is 0 Å². The molecule has 4 nitrogen and oxygen atoms in total. The van der Waals surface area contributed by atoms with Crippen molar-refractivity contribution in [3.05, 3.63) is 0 Å². The van der Waals surface area contributed by atoms with E-state index in [4.69, 9.17) is 10.2 Å². The lowest BCUT2D eigenvalue weighted by atomic mass is 9.72. The van der Waals surface area contributed by atoms with Gasteiger partial charge in [0.25, 0.3) is 0 Å². The van der Waals surface area contributed by atoms with Crippen LogP contribution < -0.4 is 0 Å². The Morgan fingerprint density at radius 2 is 1.72 bits per heavy atom. The van der Waals surface area contributed by atoms with E-state index in [-0.39, 0.29) is 0 Å². The fourth-order valence-electron chi connectivity index (χ4n) is 2.90. The van der Waals surface area contributed by atoms with Crippen molar-refractivity contribution < 1.29 is 19.8 Å². The summed E-state index contributed by atoms with van der Waals surface area (Å²) in [5, 5.41) is 18.2. The normalized spacial score (nSPS) is 28.3. The summed E-state index contributed by atoms with van der Waals surface area (Å²) in [7, 11) is 0. The van der Waals surface area contributed by atoms with Gasteiger partial charge in [0.05, 0.1) is 11.8 Å². The zero-order valence-corrected chi connectivity index (χ0v) is 11.3. The molecule has 1 fully saturated rings. The highest BCUT2D eigenvalue weighted by atomic mass is 16.4.